The van der Waals surface area contributed by atoms with Crippen LogP contribution >= 0.6 is 0 Å². The van der Waals surface area contributed by atoms with Crippen LogP contribution in [0.5, 0.6) is 0 Å². The van der Waals surface area contributed by atoms with Crippen molar-refractivity contribution in [1.29, 1.82) is 0 Å². The van der Waals surface area contributed by atoms with Gasteiger partial charge in [-0.1, -0.05) is 11.3 Å². The molecule has 0 saturated carbocycles. The molecule has 0 atom stereocenters. The summed E-state index contributed by atoms with van der Waals surface area (Å²) in [7, 11) is 0. The molecule has 0 aromatic carbocycles. The Kier molecular flexibility index (Phi) is 1.83. The highest BCUT2D eigenvalue weighted by Crippen LogP contribution is 2.19. The van der Waals surface area contributed by atoms with Crippen molar-refractivity contribution < 1.29 is 14.0 Å². The zero-order valence-electron chi connectivity index (χ0n) is 12.6. The molecular formula is C13H10N4O2. The van der Waals surface area contributed by atoms with Crippen LogP contribution in [0, 0.1) is 6.85 Å². The molecule has 0 bridgehead atoms. The molecule has 0 aliphatic carbocycles. The first-order valence-electron chi connectivity index (χ1n) is 6.92. The third-order valence-electron chi connectivity index (χ3n) is 2.71. The van der Waals surface area contributed by atoms with Crippen LogP contribution in [0.15, 0.2) is 36.5 Å². The summed E-state index contributed by atoms with van der Waals surface area (Å²) in [6.45, 7) is -2.63. The van der Waals surface area contributed by atoms with E-state index >= 15 is 0 Å². The Morgan fingerprint density at radius 1 is 1.37 bits per heavy atom. The van der Waals surface area contributed by atoms with Crippen molar-refractivity contribution in [3.05, 3.63) is 47.8 Å². The highest BCUT2D eigenvalue weighted by molar-refractivity contribution is 5.89. The Labute approximate surface area is 112 Å². The number of hydrogen-bond donors (Lipinski definition) is 1. The lowest BCUT2D eigenvalue weighted by atomic mass is 10.1. The summed E-state index contributed by atoms with van der Waals surface area (Å²) in [5, 5.41) is 16.8. The molecule has 0 saturated heterocycles. The van der Waals surface area contributed by atoms with Crippen molar-refractivity contribution in [1.82, 2.24) is 19.8 Å². The van der Waals surface area contributed by atoms with Gasteiger partial charge < -0.3 is 5.11 Å². The molecule has 6 heteroatoms. The molecule has 0 aliphatic rings. The summed E-state index contributed by atoms with van der Waals surface area (Å²) in [6.07, 6.45) is 1.56. The lowest BCUT2D eigenvalue weighted by molar-refractivity contribution is 0.0695. The largest absolute Gasteiger partial charge is 0.478 e. The van der Waals surface area contributed by atoms with Crippen LogP contribution in [-0.4, -0.2) is 30.9 Å². The number of carboxylic acids is 1. The number of pyridine rings is 2. The van der Waals surface area contributed by atoms with E-state index in [1.165, 1.54) is 16.6 Å². The van der Waals surface area contributed by atoms with Crippen LogP contribution in [0.25, 0.3) is 16.9 Å². The second kappa shape index (κ2) is 4.16. The van der Waals surface area contributed by atoms with E-state index in [1.807, 2.05) is 0 Å². The summed E-state index contributed by atoms with van der Waals surface area (Å²) in [5.74, 6) is -1.33. The van der Waals surface area contributed by atoms with E-state index < -0.39 is 18.5 Å². The summed E-state index contributed by atoms with van der Waals surface area (Å²) < 4.78 is 23.9. The first-order chi connectivity index (χ1) is 10.4. The number of aryl methyl sites for hydroxylation is 1. The van der Waals surface area contributed by atoms with Crippen molar-refractivity contribution in [2.45, 2.75) is 6.85 Å². The van der Waals surface area contributed by atoms with Gasteiger partial charge in [-0.3, -0.25) is 4.98 Å². The zero-order valence-corrected chi connectivity index (χ0v) is 9.61. The van der Waals surface area contributed by atoms with E-state index in [1.54, 1.807) is 24.4 Å². The van der Waals surface area contributed by atoms with Crippen LogP contribution in [-0.2, 0) is 0 Å². The van der Waals surface area contributed by atoms with Crippen molar-refractivity contribution in [2.24, 2.45) is 0 Å². The minimum atomic E-state index is -2.63. The van der Waals surface area contributed by atoms with E-state index in [9.17, 15) is 4.79 Å². The standard InChI is InChI=1S/C13H10N4O2/c1-8-10(13(18)19)5-6-11(15-8)12-4-2-3-9-7-14-16-17(9)12/h2-7H,1H3,(H,18,19)/i1D3. The van der Waals surface area contributed by atoms with Gasteiger partial charge in [0.2, 0.25) is 0 Å². The van der Waals surface area contributed by atoms with Gasteiger partial charge in [0.25, 0.3) is 0 Å². The molecule has 3 heterocycles. The third-order valence-corrected chi connectivity index (χ3v) is 2.71. The van der Waals surface area contributed by atoms with Crippen molar-refractivity contribution >= 4 is 11.5 Å². The van der Waals surface area contributed by atoms with E-state index in [0.29, 0.717) is 11.4 Å². The first-order valence-corrected chi connectivity index (χ1v) is 5.42. The van der Waals surface area contributed by atoms with Crippen LogP contribution in [0.4, 0.5) is 0 Å². The van der Waals surface area contributed by atoms with Crippen LogP contribution in [0.3, 0.4) is 0 Å². The highest BCUT2D eigenvalue weighted by atomic mass is 16.4. The lowest BCUT2D eigenvalue weighted by Crippen LogP contribution is -2.03. The number of nitrogens with zero attached hydrogens (tertiary/aromatic N) is 4. The normalized spacial score (nSPS) is 13.8. The number of fused-ring (bicyclic) bond motifs is 1. The van der Waals surface area contributed by atoms with E-state index in [-0.39, 0.29) is 5.56 Å². The Balaban J connectivity index is 2.25. The average molecular weight is 257 g/mol. The van der Waals surface area contributed by atoms with Gasteiger partial charge in [0.1, 0.15) is 0 Å². The molecule has 19 heavy (non-hydrogen) atoms. The SMILES string of the molecule is [2H]C([2H])([2H])c1nc(-c2cccc3cnnn23)ccc1C(=O)O. The number of hydrogen-bond acceptors (Lipinski definition) is 4. The fourth-order valence-corrected chi connectivity index (χ4v) is 1.82. The predicted octanol–water partition coefficient (Wildman–Crippen LogP) is 1.80. The zero-order chi connectivity index (χ0) is 15.9. The highest BCUT2D eigenvalue weighted by Gasteiger charge is 2.11. The van der Waals surface area contributed by atoms with Gasteiger partial charge in [0.05, 0.1) is 34.4 Å². The number of aromatic nitrogens is 4. The Morgan fingerprint density at radius 3 is 3.05 bits per heavy atom. The molecule has 0 aliphatic heterocycles. The smallest absolute Gasteiger partial charge is 0.337 e. The van der Waals surface area contributed by atoms with Gasteiger partial charge >= 0.3 is 5.97 Å². The van der Waals surface area contributed by atoms with Gasteiger partial charge in [-0.15, -0.1) is 5.10 Å². The van der Waals surface area contributed by atoms with Gasteiger partial charge in [-0.25, -0.2) is 9.31 Å². The van der Waals surface area contributed by atoms with Gasteiger partial charge in [0, 0.05) is 4.11 Å². The summed E-state index contributed by atoms with van der Waals surface area (Å²) in [4.78, 5) is 15.2. The van der Waals surface area contributed by atoms with Crippen LogP contribution in [0.1, 0.15) is 20.2 Å². The monoisotopic (exact) mass is 257 g/mol. The van der Waals surface area contributed by atoms with E-state index in [0.717, 1.165) is 5.52 Å². The molecule has 3 aromatic rings. The number of carboxylic acid groups (broad SMARTS) is 1. The molecule has 6 nitrogen and oxygen atoms in total. The first kappa shape index (κ1) is 8.36. The van der Waals surface area contributed by atoms with Gasteiger partial charge in [-0.05, 0) is 31.1 Å². The van der Waals surface area contributed by atoms with Crippen LogP contribution in [0.2, 0.25) is 0 Å². The molecule has 0 unspecified atom stereocenters. The molecule has 0 spiro atoms. The minimum Gasteiger partial charge on any atom is -0.478 e. The molecule has 0 radical (unpaired) electrons. The Bertz CT molecular complexity index is 873. The Hall–Kier alpha value is -2.76. The topological polar surface area (TPSA) is 80.4 Å². The molecule has 0 amide bonds. The minimum absolute atomic E-state index is 0.312. The lowest BCUT2D eigenvalue weighted by Gasteiger charge is -2.06. The fraction of sp³-hybridized carbons (Fsp3) is 0.0769. The maximum Gasteiger partial charge on any atom is 0.337 e. The number of rotatable bonds is 2. The van der Waals surface area contributed by atoms with E-state index in [4.69, 9.17) is 9.22 Å². The molecule has 3 aromatic heterocycles. The maximum atomic E-state index is 11.2. The summed E-state index contributed by atoms with van der Waals surface area (Å²) >= 11 is 0. The van der Waals surface area contributed by atoms with Crippen LogP contribution < -0.4 is 0 Å². The predicted molar refractivity (Wildman–Crippen MR) is 67.9 cm³/mol. The molecular weight excluding hydrogens is 244 g/mol. The quantitative estimate of drug-likeness (QED) is 0.757. The molecule has 94 valence electrons. The third kappa shape index (κ3) is 1.83. The summed E-state index contributed by atoms with van der Waals surface area (Å²) in [6, 6.07) is 7.95. The second-order valence-corrected chi connectivity index (χ2v) is 3.88. The maximum absolute atomic E-state index is 11.2. The average Bonchev–Trinajstić information content (AvgIpc) is 2.94. The molecule has 1 N–H and O–H groups in total. The van der Waals surface area contributed by atoms with Gasteiger partial charge in [-0.2, -0.15) is 0 Å². The fourth-order valence-electron chi connectivity index (χ4n) is 1.82. The Morgan fingerprint density at radius 2 is 2.26 bits per heavy atom. The van der Waals surface area contributed by atoms with Crippen molar-refractivity contribution in [2.75, 3.05) is 0 Å². The van der Waals surface area contributed by atoms with E-state index in [2.05, 4.69) is 15.3 Å². The molecule has 0 fully saturated rings. The summed E-state index contributed by atoms with van der Waals surface area (Å²) in [5.41, 5.74) is 0.769. The van der Waals surface area contributed by atoms with Crippen molar-refractivity contribution in [3.63, 3.8) is 0 Å². The van der Waals surface area contributed by atoms with Crippen molar-refractivity contribution in [3.8, 4) is 11.4 Å². The number of carbonyl (C=O) groups is 1. The second-order valence-electron chi connectivity index (χ2n) is 3.88. The number of aromatic carboxylic acids is 1. The molecule has 3 rings (SSSR count). The van der Waals surface area contributed by atoms with Gasteiger partial charge in [0.15, 0.2) is 0 Å².